The molecular formula is C15H20IN3O. The predicted molar refractivity (Wildman–Crippen MR) is 89.4 cm³/mol. The van der Waals surface area contributed by atoms with Gasteiger partial charge < -0.3 is 3.07 Å². The summed E-state index contributed by atoms with van der Waals surface area (Å²) in [5, 5.41) is 0.941. The topological polar surface area (TPSA) is 47.9 Å². The fraction of sp³-hybridized carbons (Fsp3) is 0.533. The average Bonchev–Trinajstić information content (AvgIpc) is 2.45. The monoisotopic (exact) mass is 385 g/mol. The lowest BCUT2D eigenvalue weighted by atomic mass is 10.00. The van der Waals surface area contributed by atoms with E-state index in [-0.39, 0.29) is 0 Å². The number of hydrogen-bond acceptors (Lipinski definition) is 4. The van der Waals surface area contributed by atoms with Crippen molar-refractivity contribution in [2.75, 3.05) is 0 Å². The molecule has 0 bridgehead atoms. The molecular weight excluding hydrogens is 365 g/mol. The Morgan fingerprint density at radius 3 is 2.55 bits per heavy atom. The maximum Gasteiger partial charge on any atom is 0.192 e. The molecule has 20 heavy (non-hydrogen) atoms. The fourth-order valence-corrected chi connectivity index (χ4v) is 2.75. The van der Waals surface area contributed by atoms with Crippen LogP contribution < -0.4 is 3.07 Å². The summed E-state index contributed by atoms with van der Waals surface area (Å²) in [6.45, 7) is 8.53. The van der Waals surface area contributed by atoms with Crippen LogP contribution in [0.5, 0.6) is 5.75 Å². The third kappa shape index (κ3) is 3.02. The highest BCUT2D eigenvalue weighted by Gasteiger charge is 2.17. The Morgan fingerprint density at radius 1 is 1.20 bits per heavy atom. The Morgan fingerprint density at radius 2 is 1.95 bits per heavy atom. The van der Waals surface area contributed by atoms with Crippen LogP contribution >= 0.6 is 23.0 Å². The van der Waals surface area contributed by atoms with Crippen molar-refractivity contribution in [3.8, 4) is 5.75 Å². The molecule has 0 saturated carbocycles. The van der Waals surface area contributed by atoms with E-state index in [0.29, 0.717) is 11.8 Å². The van der Waals surface area contributed by atoms with Crippen molar-refractivity contribution in [3.63, 3.8) is 0 Å². The third-order valence-electron chi connectivity index (χ3n) is 3.42. The molecule has 0 amide bonds. The van der Waals surface area contributed by atoms with Crippen LogP contribution in [-0.4, -0.2) is 15.0 Å². The van der Waals surface area contributed by atoms with Gasteiger partial charge in [-0.2, -0.15) is 0 Å². The molecule has 2 heterocycles. The summed E-state index contributed by atoms with van der Waals surface area (Å²) >= 11 is 1.92. The summed E-state index contributed by atoms with van der Waals surface area (Å²) in [6, 6.07) is 0. The zero-order valence-corrected chi connectivity index (χ0v) is 14.5. The van der Waals surface area contributed by atoms with Crippen LogP contribution in [0.25, 0.3) is 10.9 Å². The Balaban J connectivity index is 2.56. The Kier molecular flexibility index (Phi) is 5.12. The van der Waals surface area contributed by atoms with E-state index in [4.69, 9.17) is 3.07 Å². The van der Waals surface area contributed by atoms with E-state index in [1.165, 1.54) is 0 Å². The number of halogens is 1. The van der Waals surface area contributed by atoms with Crippen LogP contribution in [0.3, 0.4) is 0 Å². The van der Waals surface area contributed by atoms with Crippen LogP contribution in [0.2, 0.25) is 0 Å². The van der Waals surface area contributed by atoms with Crippen molar-refractivity contribution in [1.29, 1.82) is 0 Å². The van der Waals surface area contributed by atoms with Crippen molar-refractivity contribution in [3.05, 3.63) is 23.9 Å². The minimum Gasteiger partial charge on any atom is -0.425 e. The number of pyridine rings is 1. The fourth-order valence-electron chi connectivity index (χ4n) is 2.29. The van der Waals surface area contributed by atoms with Gasteiger partial charge in [0.05, 0.1) is 22.8 Å². The zero-order chi connectivity index (χ0) is 14.7. The van der Waals surface area contributed by atoms with Crippen LogP contribution in [0, 0.1) is 0 Å². The van der Waals surface area contributed by atoms with Gasteiger partial charge in [0.15, 0.2) is 28.8 Å². The molecule has 0 N–H and O–H groups in total. The number of hydrogen-bond donors (Lipinski definition) is 0. The zero-order valence-electron chi connectivity index (χ0n) is 12.4. The van der Waals surface area contributed by atoms with Gasteiger partial charge in [-0.1, -0.05) is 34.1 Å². The van der Waals surface area contributed by atoms with Crippen molar-refractivity contribution < 1.29 is 3.07 Å². The van der Waals surface area contributed by atoms with Gasteiger partial charge in [0, 0.05) is 18.0 Å². The summed E-state index contributed by atoms with van der Waals surface area (Å²) in [5.74, 6) is 2.33. The number of rotatable bonds is 5. The van der Waals surface area contributed by atoms with Crippen molar-refractivity contribution in [1.82, 2.24) is 15.0 Å². The van der Waals surface area contributed by atoms with E-state index in [1.54, 1.807) is 0 Å². The van der Waals surface area contributed by atoms with Gasteiger partial charge >= 0.3 is 0 Å². The Hall–Kier alpha value is -0.980. The molecule has 1 unspecified atom stereocenters. The van der Waals surface area contributed by atoms with E-state index in [0.717, 1.165) is 41.0 Å². The van der Waals surface area contributed by atoms with Gasteiger partial charge in [-0.3, -0.25) is 4.98 Å². The molecule has 1 atom stereocenters. The number of fused-ring (bicyclic) bond motifs is 1. The van der Waals surface area contributed by atoms with Crippen LogP contribution in [0.15, 0.2) is 12.4 Å². The quantitative estimate of drug-likeness (QED) is 0.695. The first-order valence-electron chi connectivity index (χ1n) is 7.02. The molecule has 0 aliphatic rings. The van der Waals surface area contributed by atoms with Gasteiger partial charge in [-0.15, -0.1) is 0 Å². The standard InChI is InChI=1S/C15H20IN3O/c1-5-6-10(4)13-14(20-16)11-7-18-15(9(2)3)19-12(11)8-17-13/h7-10H,5-6H2,1-4H3. The third-order valence-corrected chi connectivity index (χ3v) is 3.86. The van der Waals surface area contributed by atoms with E-state index in [9.17, 15) is 0 Å². The average molecular weight is 385 g/mol. The minimum atomic E-state index is 0.307. The predicted octanol–water partition coefficient (Wildman–Crippen LogP) is 4.78. The Labute approximate surface area is 134 Å². The van der Waals surface area contributed by atoms with Crippen molar-refractivity contribution >= 4 is 33.9 Å². The summed E-state index contributed by atoms with van der Waals surface area (Å²) < 4.78 is 5.55. The smallest absolute Gasteiger partial charge is 0.192 e. The molecule has 2 aromatic rings. The van der Waals surface area contributed by atoms with Gasteiger partial charge in [-0.05, 0) is 6.42 Å². The SMILES string of the molecule is CCCC(C)c1ncc2nc(C(C)C)ncc2c1OI. The van der Waals surface area contributed by atoms with Crippen LogP contribution in [-0.2, 0) is 0 Å². The molecule has 2 rings (SSSR count). The summed E-state index contributed by atoms with van der Waals surface area (Å²) in [5.41, 5.74) is 1.84. The largest absolute Gasteiger partial charge is 0.425 e. The van der Waals surface area contributed by atoms with Gasteiger partial charge in [0.2, 0.25) is 0 Å². The lowest BCUT2D eigenvalue weighted by Gasteiger charge is -2.15. The van der Waals surface area contributed by atoms with E-state index < -0.39 is 0 Å². The van der Waals surface area contributed by atoms with E-state index in [2.05, 4.69) is 42.6 Å². The first-order chi connectivity index (χ1) is 9.58. The molecule has 0 aliphatic carbocycles. The molecule has 0 spiro atoms. The molecule has 0 radical (unpaired) electrons. The Bertz CT molecular complexity index is 601. The molecule has 4 nitrogen and oxygen atoms in total. The highest BCUT2D eigenvalue weighted by molar-refractivity contribution is 14.1. The van der Waals surface area contributed by atoms with Crippen LogP contribution in [0.4, 0.5) is 0 Å². The van der Waals surface area contributed by atoms with Gasteiger partial charge in [0.1, 0.15) is 5.82 Å². The van der Waals surface area contributed by atoms with Crippen LogP contribution in [0.1, 0.15) is 63.9 Å². The molecule has 2 aromatic heterocycles. The second-order valence-corrected chi connectivity index (χ2v) is 5.86. The summed E-state index contributed by atoms with van der Waals surface area (Å²) in [7, 11) is 0. The first kappa shape index (κ1) is 15.4. The molecule has 0 saturated heterocycles. The lowest BCUT2D eigenvalue weighted by Crippen LogP contribution is -2.03. The number of aromatic nitrogens is 3. The second kappa shape index (κ2) is 6.65. The molecule has 5 heteroatoms. The maximum absolute atomic E-state index is 5.55. The summed E-state index contributed by atoms with van der Waals surface area (Å²) in [4.78, 5) is 13.6. The molecule has 0 fully saturated rings. The van der Waals surface area contributed by atoms with Gasteiger partial charge in [-0.25, -0.2) is 9.97 Å². The first-order valence-corrected chi connectivity index (χ1v) is 7.90. The normalized spacial score (nSPS) is 12.9. The lowest BCUT2D eigenvalue weighted by molar-refractivity contribution is 0.611. The highest BCUT2D eigenvalue weighted by Crippen LogP contribution is 2.34. The van der Waals surface area contributed by atoms with E-state index >= 15 is 0 Å². The molecule has 0 aromatic carbocycles. The summed E-state index contributed by atoms with van der Waals surface area (Å²) in [6.07, 6.45) is 5.92. The molecule has 0 aliphatic heterocycles. The second-order valence-electron chi connectivity index (χ2n) is 5.42. The van der Waals surface area contributed by atoms with Crippen molar-refractivity contribution in [2.24, 2.45) is 0 Å². The van der Waals surface area contributed by atoms with Crippen molar-refractivity contribution in [2.45, 2.75) is 52.4 Å². The number of nitrogens with zero attached hydrogens (tertiary/aromatic N) is 3. The maximum atomic E-state index is 5.55. The van der Waals surface area contributed by atoms with Gasteiger partial charge in [0.25, 0.3) is 0 Å². The van der Waals surface area contributed by atoms with E-state index in [1.807, 2.05) is 35.4 Å². The highest BCUT2D eigenvalue weighted by atomic mass is 127. The minimum absolute atomic E-state index is 0.307. The molecule has 108 valence electrons.